The van der Waals surface area contributed by atoms with Gasteiger partial charge in [-0.2, -0.15) is 4.31 Å². The number of hydrogen-bond donors (Lipinski definition) is 1. The normalized spacial score (nSPS) is 12.0. The first-order chi connectivity index (χ1) is 8.52. The quantitative estimate of drug-likeness (QED) is 0.717. The van der Waals surface area contributed by atoms with E-state index in [0.717, 1.165) is 0 Å². The van der Waals surface area contributed by atoms with Crippen molar-refractivity contribution >= 4 is 10.0 Å². The molecule has 1 aromatic rings. The summed E-state index contributed by atoms with van der Waals surface area (Å²) in [5.74, 6) is 0. The third kappa shape index (κ3) is 3.74. The van der Waals surface area contributed by atoms with E-state index < -0.39 is 10.0 Å². The summed E-state index contributed by atoms with van der Waals surface area (Å²) in [6.07, 6.45) is 1.33. The van der Waals surface area contributed by atoms with Crippen molar-refractivity contribution in [2.75, 3.05) is 26.8 Å². The number of nitrogens with zero attached hydrogens (tertiary/aromatic N) is 2. The largest absolute Gasteiger partial charge is 0.380 e. The second-order valence-electron chi connectivity index (χ2n) is 3.71. The minimum atomic E-state index is -3.49. The van der Waals surface area contributed by atoms with E-state index in [1.54, 1.807) is 6.07 Å². The molecule has 0 atom stereocenters. The second-order valence-corrected chi connectivity index (χ2v) is 5.76. The van der Waals surface area contributed by atoms with E-state index in [1.807, 2.05) is 6.92 Å². The van der Waals surface area contributed by atoms with Crippen molar-refractivity contribution in [1.29, 1.82) is 0 Å². The summed E-state index contributed by atoms with van der Waals surface area (Å²) < 4.78 is 30.6. The van der Waals surface area contributed by atoms with Crippen LogP contribution in [0.2, 0.25) is 0 Å². The Morgan fingerprint density at radius 2 is 2.17 bits per heavy atom. The van der Waals surface area contributed by atoms with E-state index in [4.69, 9.17) is 10.5 Å². The van der Waals surface area contributed by atoms with Crippen LogP contribution < -0.4 is 5.73 Å². The number of pyridine rings is 1. The summed E-state index contributed by atoms with van der Waals surface area (Å²) in [4.78, 5) is 4.15. The van der Waals surface area contributed by atoms with Crippen LogP contribution in [-0.4, -0.2) is 44.5 Å². The molecule has 0 aliphatic carbocycles. The lowest BCUT2D eigenvalue weighted by Gasteiger charge is -2.16. The minimum absolute atomic E-state index is 0.165. The Morgan fingerprint density at radius 3 is 2.67 bits per heavy atom. The Kier molecular flexibility index (Phi) is 5.67. The SMILES string of the molecule is CCOCCN(C)S(=O)(=O)c1ccc(CN)nc1. The zero-order valence-corrected chi connectivity index (χ0v) is 11.5. The number of hydrogen-bond acceptors (Lipinski definition) is 5. The van der Waals surface area contributed by atoms with Gasteiger partial charge in [-0.25, -0.2) is 8.42 Å². The molecule has 0 aromatic carbocycles. The van der Waals surface area contributed by atoms with Crippen LogP contribution in [0.4, 0.5) is 0 Å². The fraction of sp³-hybridized carbons (Fsp3) is 0.545. The number of ether oxygens (including phenoxy) is 1. The molecule has 1 rings (SSSR count). The molecule has 1 heterocycles. The maximum atomic E-state index is 12.1. The molecule has 0 fully saturated rings. The van der Waals surface area contributed by atoms with Gasteiger partial charge in [0.2, 0.25) is 10.0 Å². The second kappa shape index (κ2) is 6.79. The van der Waals surface area contributed by atoms with Crippen molar-refractivity contribution in [2.24, 2.45) is 5.73 Å². The van der Waals surface area contributed by atoms with E-state index in [0.29, 0.717) is 32.0 Å². The maximum absolute atomic E-state index is 12.1. The van der Waals surface area contributed by atoms with Crippen LogP contribution in [0, 0.1) is 0 Å². The van der Waals surface area contributed by atoms with Gasteiger partial charge in [0.1, 0.15) is 4.90 Å². The van der Waals surface area contributed by atoms with Gasteiger partial charge in [0.05, 0.1) is 12.3 Å². The van der Waals surface area contributed by atoms with Crippen molar-refractivity contribution in [3.63, 3.8) is 0 Å². The van der Waals surface area contributed by atoms with E-state index in [2.05, 4.69) is 4.98 Å². The molecule has 102 valence electrons. The Hall–Kier alpha value is -1.02. The zero-order chi connectivity index (χ0) is 13.6. The van der Waals surface area contributed by atoms with Gasteiger partial charge in [-0.1, -0.05) is 0 Å². The molecule has 0 bridgehead atoms. The highest BCUT2D eigenvalue weighted by molar-refractivity contribution is 7.89. The van der Waals surface area contributed by atoms with Crippen LogP contribution in [0.3, 0.4) is 0 Å². The molecule has 0 unspecified atom stereocenters. The average molecular weight is 273 g/mol. The summed E-state index contributed by atoms with van der Waals surface area (Å²) in [7, 11) is -1.98. The summed E-state index contributed by atoms with van der Waals surface area (Å²) in [5, 5.41) is 0. The van der Waals surface area contributed by atoms with Crippen LogP contribution in [0.5, 0.6) is 0 Å². The summed E-state index contributed by atoms with van der Waals surface area (Å²) in [6, 6.07) is 3.13. The Labute approximate surface area is 108 Å². The van der Waals surface area contributed by atoms with Crippen molar-refractivity contribution < 1.29 is 13.2 Å². The predicted octanol–water partition coefficient (Wildman–Crippen LogP) is 0.197. The lowest BCUT2D eigenvalue weighted by Crippen LogP contribution is -2.30. The smallest absolute Gasteiger partial charge is 0.244 e. The molecule has 0 aliphatic rings. The van der Waals surface area contributed by atoms with Crippen LogP contribution >= 0.6 is 0 Å². The standard InChI is InChI=1S/C11H19N3O3S/c1-3-17-7-6-14(2)18(15,16)11-5-4-10(8-12)13-9-11/h4-5,9H,3,6-8,12H2,1-2H3. The van der Waals surface area contributed by atoms with Gasteiger partial charge < -0.3 is 10.5 Å². The van der Waals surface area contributed by atoms with E-state index in [9.17, 15) is 8.42 Å². The molecule has 0 aliphatic heterocycles. The molecule has 7 heteroatoms. The number of aromatic nitrogens is 1. The minimum Gasteiger partial charge on any atom is -0.380 e. The first-order valence-corrected chi connectivity index (χ1v) is 7.15. The van der Waals surface area contributed by atoms with Crippen molar-refractivity contribution in [3.8, 4) is 0 Å². The Morgan fingerprint density at radius 1 is 1.44 bits per heavy atom. The monoisotopic (exact) mass is 273 g/mol. The average Bonchev–Trinajstić information content (AvgIpc) is 2.39. The molecule has 0 saturated heterocycles. The molecule has 0 spiro atoms. The first kappa shape index (κ1) is 15.0. The number of rotatable bonds is 7. The van der Waals surface area contributed by atoms with Crippen LogP contribution in [0.15, 0.2) is 23.2 Å². The fourth-order valence-electron chi connectivity index (χ4n) is 1.32. The van der Waals surface area contributed by atoms with Crippen molar-refractivity contribution in [2.45, 2.75) is 18.4 Å². The van der Waals surface area contributed by atoms with Gasteiger partial charge >= 0.3 is 0 Å². The molecule has 18 heavy (non-hydrogen) atoms. The predicted molar refractivity (Wildman–Crippen MR) is 68.4 cm³/mol. The molecule has 1 aromatic heterocycles. The highest BCUT2D eigenvalue weighted by atomic mass is 32.2. The molecular formula is C11H19N3O3S. The lowest BCUT2D eigenvalue weighted by molar-refractivity contribution is 0.138. The van der Waals surface area contributed by atoms with Gasteiger partial charge in [-0.15, -0.1) is 0 Å². The first-order valence-electron chi connectivity index (χ1n) is 5.71. The van der Waals surface area contributed by atoms with Gasteiger partial charge in [0.25, 0.3) is 0 Å². The van der Waals surface area contributed by atoms with Crippen LogP contribution in [-0.2, 0) is 21.3 Å². The summed E-state index contributed by atoms with van der Waals surface area (Å²) in [6.45, 7) is 3.42. The third-order valence-corrected chi connectivity index (χ3v) is 4.31. The third-order valence-electron chi connectivity index (χ3n) is 2.47. The fourth-order valence-corrected chi connectivity index (χ4v) is 2.42. The Balaban J connectivity index is 2.77. The number of nitrogens with two attached hydrogens (primary N) is 1. The van der Waals surface area contributed by atoms with Gasteiger partial charge in [-0.3, -0.25) is 4.98 Å². The zero-order valence-electron chi connectivity index (χ0n) is 10.7. The molecule has 2 N–H and O–H groups in total. The van der Waals surface area contributed by atoms with Gasteiger partial charge in [-0.05, 0) is 19.1 Å². The van der Waals surface area contributed by atoms with Crippen LogP contribution in [0.25, 0.3) is 0 Å². The maximum Gasteiger partial charge on any atom is 0.244 e. The summed E-state index contributed by atoms with van der Waals surface area (Å²) >= 11 is 0. The topological polar surface area (TPSA) is 85.5 Å². The number of sulfonamides is 1. The van der Waals surface area contributed by atoms with E-state index in [1.165, 1.54) is 23.6 Å². The molecular weight excluding hydrogens is 254 g/mol. The molecule has 0 radical (unpaired) electrons. The van der Waals surface area contributed by atoms with Crippen LogP contribution in [0.1, 0.15) is 12.6 Å². The van der Waals surface area contributed by atoms with Gasteiger partial charge in [0, 0.05) is 32.9 Å². The van der Waals surface area contributed by atoms with Crippen molar-refractivity contribution in [1.82, 2.24) is 9.29 Å². The highest BCUT2D eigenvalue weighted by Gasteiger charge is 2.20. The highest BCUT2D eigenvalue weighted by Crippen LogP contribution is 2.13. The molecule has 0 saturated carbocycles. The number of likely N-dealkylation sites (N-methyl/N-ethyl adjacent to an activating group) is 1. The molecule has 0 amide bonds. The molecule has 6 nitrogen and oxygen atoms in total. The van der Waals surface area contributed by atoms with Gasteiger partial charge in [0.15, 0.2) is 0 Å². The lowest BCUT2D eigenvalue weighted by atomic mass is 10.4. The van der Waals surface area contributed by atoms with E-state index >= 15 is 0 Å². The van der Waals surface area contributed by atoms with E-state index in [-0.39, 0.29) is 4.90 Å². The summed E-state index contributed by atoms with van der Waals surface area (Å²) in [5.41, 5.74) is 6.07. The Bertz CT molecular complexity index is 459. The van der Waals surface area contributed by atoms with Crippen molar-refractivity contribution in [3.05, 3.63) is 24.0 Å².